The minimum atomic E-state index is -0.162. The number of carbonyl (C=O) groups excluding carboxylic acids is 1. The molecule has 1 saturated heterocycles. The van der Waals surface area contributed by atoms with Crippen molar-refractivity contribution in [1.82, 2.24) is 20.7 Å². The number of benzene rings is 1. The van der Waals surface area contributed by atoms with Crippen molar-refractivity contribution in [3.63, 3.8) is 0 Å². The highest BCUT2D eigenvalue weighted by Gasteiger charge is 2.10. The maximum atomic E-state index is 11.7. The van der Waals surface area contributed by atoms with Crippen LogP contribution in [0.4, 0.5) is 5.69 Å². The van der Waals surface area contributed by atoms with Gasteiger partial charge in [-0.3, -0.25) is 4.79 Å². The predicted molar refractivity (Wildman–Crippen MR) is 86.7 cm³/mol. The molecule has 1 aromatic heterocycles. The first kappa shape index (κ1) is 15.2. The summed E-state index contributed by atoms with van der Waals surface area (Å²) in [6, 6.07) is 8.15. The number of hydrogen-bond donors (Lipinski definition) is 2. The molecule has 23 heavy (non-hydrogen) atoms. The fourth-order valence-corrected chi connectivity index (χ4v) is 2.34. The molecule has 1 aliphatic rings. The number of aromatic amines is 1. The van der Waals surface area contributed by atoms with Gasteiger partial charge in [-0.15, -0.1) is 0 Å². The van der Waals surface area contributed by atoms with Gasteiger partial charge in [-0.05, 0) is 23.8 Å². The van der Waals surface area contributed by atoms with Crippen molar-refractivity contribution in [1.29, 1.82) is 0 Å². The maximum absolute atomic E-state index is 11.7. The van der Waals surface area contributed by atoms with E-state index in [-0.39, 0.29) is 5.91 Å². The fourth-order valence-electron chi connectivity index (χ4n) is 2.34. The smallest absolute Gasteiger partial charge is 0.244 e. The third kappa shape index (κ3) is 4.40. The molecular formula is C16H19N5O2. The molecule has 0 aliphatic carbocycles. The van der Waals surface area contributed by atoms with Gasteiger partial charge < -0.3 is 15.0 Å². The van der Waals surface area contributed by atoms with Crippen LogP contribution in [-0.4, -0.2) is 47.6 Å². The SMILES string of the molecule is O=C(/C=C/c1ccc(N2CCOCC2)cc1)NCc1cn[nH]n1. The van der Waals surface area contributed by atoms with Crippen LogP contribution in [0, 0.1) is 0 Å². The molecule has 2 heterocycles. The first-order valence-corrected chi connectivity index (χ1v) is 7.54. The molecule has 1 amide bonds. The van der Waals surface area contributed by atoms with E-state index in [0.29, 0.717) is 12.2 Å². The molecule has 1 aliphatic heterocycles. The number of anilines is 1. The first-order chi connectivity index (χ1) is 11.3. The summed E-state index contributed by atoms with van der Waals surface area (Å²) in [6.07, 6.45) is 4.89. The number of H-pyrrole nitrogens is 1. The molecule has 0 spiro atoms. The van der Waals surface area contributed by atoms with Gasteiger partial charge in [0.2, 0.25) is 5.91 Å². The number of amides is 1. The van der Waals surface area contributed by atoms with Crippen LogP contribution in [0.5, 0.6) is 0 Å². The van der Waals surface area contributed by atoms with E-state index in [4.69, 9.17) is 4.74 Å². The van der Waals surface area contributed by atoms with E-state index in [1.54, 1.807) is 12.3 Å². The molecule has 3 rings (SSSR count). The lowest BCUT2D eigenvalue weighted by Crippen LogP contribution is -2.36. The van der Waals surface area contributed by atoms with E-state index in [1.165, 1.54) is 11.8 Å². The molecular weight excluding hydrogens is 294 g/mol. The second-order valence-electron chi connectivity index (χ2n) is 5.20. The van der Waals surface area contributed by atoms with E-state index in [2.05, 4.69) is 37.8 Å². The Morgan fingerprint density at radius 2 is 2.09 bits per heavy atom. The van der Waals surface area contributed by atoms with Gasteiger partial charge in [-0.25, -0.2) is 0 Å². The minimum Gasteiger partial charge on any atom is -0.378 e. The molecule has 0 radical (unpaired) electrons. The molecule has 0 unspecified atom stereocenters. The quantitative estimate of drug-likeness (QED) is 0.804. The van der Waals surface area contributed by atoms with Gasteiger partial charge in [0.1, 0.15) is 5.69 Å². The van der Waals surface area contributed by atoms with E-state index >= 15 is 0 Å². The van der Waals surface area contributed by atoms with Crippen LogP contribution in [0.3, 0.4) is 0 Å². The number of carbonyl (C=O) groups is 1. The number of nitrogens with zero attached hydrogens (tertiary/aromatic N) is 3. The normalized spacial score (nSPS) is 15.0. The molecule has 7 nitrogen and oxygen atoms in total. The summed E-state index contributed by atoms with van der Waals surface area (Å²) >= 11 is 0. The third-order valence-corrected chi connectivity index (χ3v) is 3.61. The molecule has 0 atom stereocenters. The van der Waals surface area contributed by atoms with Crippen molar-refractivity contribution in [3.8, 4) is 0 Å². The van der Waals surface area contributed by atoms with E-state index < -0.39 is 0 Å². The number of morpholine rings is 1. The van der Waals surface area contributed by atoms with Gasteiger partial charge in [0.25, 0.3) is 0 Å². The van der Waals surface area contributed by atoms with Gasteiger partial charge in [0.15, 0.2) is 0 Å². The summed E-state index contributed by atoms with van der Waals surface area (Å²) < 4.78 is 5.35. The van der Waals surface area contributed by atoms with E-state index in [9.17, 15) is 4.79 Å². The highest BCUT2D eigenvalue weighted by Crippen LogP contribution is 2.17. The summed E-state index contributed by atoms with van der Waals surface area (Å²) in [7, 11) is 0. The fraction of sp³-hybridized carbons (Fsp3) is 0.312. The summed E-state index contributed by atoms with van der Waals surface area (Å²) in [5.41, 5.74) is 2.86. The molecule has 7 heteroatoms. The van der Waals surface area contributed by atoms with Crippen molar-refractivity contribution in [3.05, 3.63) is 47.8 Å². The van der Waals surface area contributed by atoms with Crippen molar-refractivity contribution < 1.29 is 9.53 Å². The summed E-state index contributed by atoms with van der Waals surface area (Å²) in [5, 5.41) is 12.8. The third-order valence-electron chi connectivity index (χ3n) is 3.61. The van der Waals surface area contributed by atoms with Crippen LogP contribution < -0.4 is 10.2 Å². The van der Waals surface area contributed by atoms with Crippen LogP contribution in [0.15, 0.2) is 36.5 Å². The lowest BCUT2D eigenvalue weighted by molar-refractivity contribution is -0.116. The molecule has 1 aromatic carbocycles. The molecule has 2 aromatic rings. The van der Waals surface area contributed by atoms with Crippen LogP contribution >= 0.6 is 0 Å². The Balaban J connectivity index is 1.51. The van der Waals surface area contributed by atoms with Gasteiger partial charge in [-0.1, -0.05) is 12.1 Å². The van der Waals surface area contributed by atoms with Crippen molar-refractivity contribution in [2.24, 2.45) is 0 Å². The maximum Gasteiger partial charge on any atom is 0.244 e. The molecule has 0 bridgehead atoms. The number of aromatic nitrogens is 3. The minimum absolute atomic E-state index is 0.162. The molecule has 120 valence electrons. The zero-order valence-corrected chi connectivity index (χ0v) is 12.7. The highest BCUT2D eigenvalue weighted by atomic mass is 16.5. The van der Waals surface area contributed by atoms with Crippen LogP contribution in [0.2, 0.25) is 0 Å². The zero-order valence-electron chi connectivity index (χ0n) is 12.7. The lowest BCUT2D eigenvalue weighted by atomic mass is 10.1. The lowest BCUT2D eigenvalue weighted by Gasteiger charge is -2.28. The van der Waals surface area contributed by atoms with Gasteiger partial charge >= 0.3 is 0 Å². The molecule has 1 fully saturated rings. The van der Waals surface area contributed by atoms with Crippen molar-refractivity contribution >= 4 is 17.7 Å². The van der Waals surface area contributed by atoms with E-state index in [1.807, 2.05) is 12.1 Å². The first-order valence-electron chi connectivity index (χ1n) is 7.54. The summed E-state index contributed by atoms with van der Waals surface area (Å²) in [6.45, 7) is 3.73. The van der Waals surface area contributed by atoms with Gasteiger partial charge in [0, 0.05) is 24.9 Å². The monoisotopic (exact) mass is 313 g/mol. The highest BCUT2D eigenvalue weighted by molar-refractivity contribution is 5.91. The van der Waals surface area contributed by atoms with Crippen molar-refractivity contribution in [2.45, 2.75) is 6.54 Å². The zero-order chi connectivity index (χ0) is 15.9. The molecule has 2 N–H and O–H groups in total. The second kappa shape index (κ2) is 7.55. The average molecular weight is 313 g/mol. The summed E-state index contributed by atoms with van der Waals surface area (Å²) in [5.74, 6) is -0.162. The van der Waals surface area contributed by atoms with Crippen LogP contribution in [0.1, 0.15) is 11.3 Å². The van der Waals surface area contributed by atoms with Crippen molar-refractivity contribution in [2.75, 3.05) is 31.2 Å². The summed E-state index contributed by atoms with van der Waals surface area (Å²) in [4.78, 5) is 14.0. The average Bonchev–Trinajstić information content (AvgIpc) is 3.13. The Morgan fingerprint density at radius 1 is 1.30 bits per heavy atom. The second-order valence-corrected chi connectivity index (χ2v) is 5.20. The number of rotatable bonds is 5. The Bertz CT molecular complexity index is 646. The Hall–Kier alpha value is -2.67. The van der Waals surface area contributed by atoms with Gasteiger partial charge in [0.05, 0.1) is 26.0 Å². The standard InChI is InChI=1S/C16H19N5O2/c22-16(17-11-14-12-18-20-19-14)6-3-13-1-4-15(5-2-13)21-7-9-23-10-8-21/h1-6,12H,7-11H2,(H,17,22)(H,18,19,20)/b6-3+. The number of ether oxygens (including phenoxy) is 1. The number of hydrogen-bond acceptors (Lipinski definition) is 5. The van der Waals surface area contributed by atoms with Crippen LogP contribution in [-0.2, 0) is 16.1 Å². The molecule has 0 saturated carbocycles. The number of nitrogens with one attached hydrogen (secondary N) is 2. The Kier molecular flexibility index (Phi) is 5.00. The predicted octanol–water partition coefficient (Wildman–Crippen LogP) is 0.971. The van der Waals surface area contributed by atoms with E-state index in [0.717, 1.165) is 31.9 Å². The Labute approximate surface area is 134 Å². The topological polar surface area (TPSA) is 83.1 Å². The van der Waals surface area contributed by atoms with Gasteiger partial charge in [-0.2, -0.15) is 15.4 Å². The largest absolute Gasteiger partial charge is 0.378 e. The van der Waals surface area contributed by atoms with Crippen LogP contribution in [0.25, 0.3) is 6.08 Å². The Morgan fingerprint density at radius 3 is 2.78 bits per heavy atom.